The third-order valence-corrected chi connectivity index (χ3v) is 3.55. The molecule has 1 N–H and O–H groups in total. The monoisotopic (exact) mass is 253 g/mol. The van der Waals surface area contributed by atoms with Crippen LogP contribution in [0.3, 0.4) is 0 Å². The van der Waals surface area contributed by atoms with Crippen LogP contribution in [0.25, 0.3) is 11.1 Å². The first-order chi connectivity index (χ1) is 9.31. The van der Waals surface area contributed by atoms with E-state index in [2.05, 4.69) is 29.6 Å². The van der Waals surface area contributed by atoms with E-state index in [1.54, 1.807) is 7.05 Å². The Morgan fingerprint density at radius 1 is 1.05 bits per heavy atom. The molecule has 0 heterocycles. The summed E-state index contributed by atoms with van der Waals surface area (Å²) < 4.78 is 5.24. The number of carbonyl (C=O) groups is 1. The Morgan fingerprint density at radius 3 is 2.11 bits per heavy atom. The minimum atomic E-state index is -0.387. The smallest absolute Gasteiger partial charge is 0.406 e. The standard InChI is InChI=1S/C16H15NO2/c1-17-16(18)19-10-15-13-8-4-2-6-11(13)12-7-3-5-9-14(12)15/h2-9,15H,10H2,1H3,(H,17,18). The number of ether oxygens (including phenoxy) is 1. The van der Waals surface area contributed by atoms with Crippen LogP contribution in [0.2, 0.25) is 0 Å². The van der Waals surface area contributed by atoms with Crippen molar-refractivity contribution in [2.45, 2.75) is 5.92 Å². The van der Waals surface area contributed by atoms with E-state index in [1.165, 1.54) is 22.3 Å². The molecular weight excluding hydrogens is 238 g/mol. The van der Waals surface area contributed by atoms with Crippen molar-refractivity contribution in [2.24, 2.45) is 0 Å². The highest BCUT2D eigenvalue weighted by atomic mass is 16.5. The lowest BCUT2D eigenvalue weighted by Gasteiger charge is -2.13. The molecule has 3 nitrogen and oxygen atoms in total. The maximum Gasteiger partial charge on any atom is 0.406 e. The molecule has 2 aromatic rings. The predicted molar refractivity (Wildman–Crippen MR) is 74.1 cm³/mol. The molecule has 1 amide bonds. The Morgan fingerprint density at radius 2 is 1.58 bits per heavy atom. The number of amides is 1. The van der Waals surface area contributed by atoms with Gasteiger partial charge in [-0.2, -0.15) is 0 Å². The van der Waals surface area contributed by atoms with Gasteiger partial charge in [0.25, 0.3) is 0 Å². The summed E-state index contributed by atoms with van der Waals surface area (Å²) in [5.74, 6) is 0.129. The molecule has 0 radical (unpaired) electrons. The molecule has 0 fully saturated rings. The Labute approximate surface area is 112 Å². The van der Waals surface area contributed by atoms with E-state index in [0.29, 0.717) is 6.61 Å². The summed E-state index contributed by atoms with van der Waals surface area (Å²) in [5.41, 5.74) is 4.94. The van der Waals surface area contributed by atoms with E-state index >= 15 is 0 Å². The van der Waals surface area contributed by atoms with Gasteiger partial charge in [-0.25, -0.2) is 4.79 Å². The van der Waals surface area contributed by atoms with Gasteiger partial charge in [0.1, 0.15) is 6.61 Å². The topological polar surface area (TPSA) is 38.3 Å². The molecule has 19 heavy (non-hydrogen) atoms. The van der Waals surface area contributed by atoms with Gasteiger partial charge in [0.05, 0.1) is 0 Å². The first kappa shape index (κ1) is 11.8. The Balaban J connectivity index is 1.98. The summed E-state index contributed by atoms with van der Waals surface area (Å²) in [5, 5.41) is 2.48. The molecule has 1 aliphatic carbocycles. The molecule has 0 unspecified atom stereocenters. The van der Waals surface area contributed by atoms with Crippen molar-refractivity contribution in [3.63, 3.8) is 0 Å². The van der Waals surface area contributed by atoms with Crippen molar-refractivity contribution in [1.82, 2.24) is 5.32 Å². The van der Waals surface area contributed by atoms with Crippen LogP contribution >= 0.6 is 0 Å². The van der Waals surface area contributed by atoms with Crippen LogP contribution in [0.1, 0.15) is 17.0 Å². The lowest BCUT2D eigenvalue weighted by molar-refractivity contribution is 0.145. The van der Waals surface area contributed by atoms with Crippen LogP contribution in [-0.2, 0) is 4.74 Å². The molecule has 0 aliphatic heterocycles. The average molecular weight is 253 g/mol. The molecule has 3 heteroatoms. The first-order valence-corrected chi connectivity index (χ1v) is 6.34. The van der Waals surface area contributed by atoms with Crippen LogP contribution in [-0.4, -0.2) is 19.7 Å². The van der Waals surface area contributed by atoms with Crippen LogP contribution < -0.4 is 5.32 Å². The largest absolute Gasteiger partial charge is 0.449 e. The molecule has 0 saturated carbocycles. The molecule has 0 aromatic heterocycles. The van der Waals surface area contributed by atoms with Crippen LogP contribution in [0, 0.1) is 0 Å². The van der Waals surface area contributed by atoms with Gasteiger partial charge in [-0.3, -0.25) is 0 Å². The van der Waals surface area contributed by atoms with E-state index in [9.17, 15) is 4.79 Å². The number of nitrogens with one attached hydrogen (secondary N) is 1. The summed E-state index contributed by atoms with van der Waals surface area (Å²) in [4.78, 5) is 11.3. The van der Waals surface area contributed by atoms with Crippen molar-refractivity contribution in [2.75, 3.05) is 13.7 Å². The maximum absolute atomic E-state index is 11.3. The fraction of sp³-hybridized carbons (Fsp3) is 0.188. The van der Waals surface area contributed by atoms with Crippen molar-refractivity contribution in [1.29, 1.82) is 0 Å². The van der Waals surface area contributed by atoms with Crippen molar-refractivity contribution in [3.05, 3.63) is 59.7 Å². The highest BCUT2D eigenvalue weighted by Crippen LogP contribution is 2.44. The van der Waals surface area contributed by atoms with E-state index < -0.39 is 0 Å². The van der Waals surface area contributed by atoms with Gasteiger partial charge in [0.2, 0.25) is 0 Å². The van der Waals surface area contributed by atoms with Crippen molar-refractivity contribution in [3.8, 4) is 11.1 Å². The van der Waals surface area contributed by atoms with Crippen LogP contribution in [0.15, 0.2) is 48.5 Å². The molecule has 1 aliphatic rings. The van der Waals surface area contributed by atoms with Gasteiger partial charge >= 0.3 is 6.09 Å². The quantitative estimate of drug-likeness (QED) is 0.892. The summed E-state index contributed by atoms with van der Waals surface area (Å²) in [6.07, 6.45) is -0.387. The second-order valence-corrected chi connectivity index (χ2v) is 4.58. The number of rotatable bonds is 2. The van der Waals surface area contributed by atoms with E-state index in [4.69, 9.17) is 4.74 Å². The van der Waals surface area contributed by atoms with E-state index in [1.807, 2.05) is 24.3 Å². The fourth-order valence-electron chi connectivity index (χ4n) is 2.67. The first-order valence-electron chi connectivity index (χ1n) is 6.34. The predicted octanol–water partition coefficient (Wildman–Crippen LogP) is 3.15. The van der Waals surface area contributed by atoms with Gasteiger partial charge in [0.15, 0.2) is 0 Å². The summed E-state index contributed by atoms with van der Waals surface area (Å²) in [6.45, 7) is 0.369. The van der Waals surface area contributed by atoms with Crippen LogP contribution in [0.5, 0.6) is 0 Å². The second kappa shape index (κ2) is 4.76. The SMILES string of the molecule is CNC(=O)OCC1c2ccccc2-c2ccccc21. The number of alkyl carbamates (subject to hydrolysis) is 1. The van der Waals surface area contributed by atoms with Crippen molar-refractivity contribution < 1.29 is 9.53 Å². The molecule has 0 saturated heterocycles. The lowest BCUT2D eigenvalue weighted by Crippen LogP contribution is -2.21. The highest BCUT2D eigenvalue weighted by molar-refractivity contribution is 5.79. The number of hydrogen-bond acceptors (Lipinski definition) is 2. The number of carbonyl (C=O) groups excluding carboxylic acids is 1. The van der Waals surface area contributed by atoms with Gasteiger partial charge in [0, 0.05) is 13.0 Å². The molecule has 0 atom stereocenters. The molecule has 96 valence electrons. The fourth-order valence-corrected chi connectivity index (χ4v) is 2.67. The normalized spacial score (nSPS) is 12.7. The summed E-state index contributed by atoms with van der Waals surface area (Å²) >= 11 is 0. The zero-order valence-electron chi connectivity index (χ0n) is 10.7. The maximum atomic E-state index is 11.3. The molecule has 0 bridgehead atoms. The van der Waals surface area contributed by atoms with E-state index in [-0.39, 0.29) is 12.0 Å². The van der Waals surface area contributed by atoms with Gasteiger partial charge in [-0.05, 0) is 22.3 Å². The summed E-state index contributed by atoms with van der Waals surface area (Å²) in [7, 11) is 1.57. The third-order valence-electron chi connectivity index (χ3n) is 3.55. The molecular formula is C16H15NO2. The average Bonchev–Trinajstić information content (AvgIpc) is 2.79. The number of benzene rings is 2. The van der Waals surface area contributed by atoms with Crippen LogP contribution in [0.4, 0.5) is 4.79 Å². The summed E-state index contributed by atoms with van der Waals surface area (Å²) in [6, 6.07) is 16.6. The zero-order valence-corrected chi connectivity index (χ0v) is 10.7. The zero-order chi connectivity index (χ0) is 13.2. The Bertz CT molecular complexity index is 576. The van der Waals surface area contributed by atoms with Crippen molar-refractivity contribution >= 4 is 6.09 Å². The second-order valence-electron chi connectivity index (χ2n) is 4.58. The number of hydrogen-bond donors (Lipinski definition) is 1. The van der Waals surface area contributed by atoms with E-state index in [0.717, 1.165) is 0 Å². The third kappa shape index (κ3) is 1.97. The lowest BCUT2D eigenvalue weighted by atomic mass is 9.98. The molecule has 0 spiro atoms. The molecule has 3 rings (SSSR count). The van der Waals surface area contributed by atoms with Gasteiger partial charge < -0.3 is 10.1 Å². The molecule has 2 aromatic carbocycles. The Kier molecular flexibility index (Phi) is 2.95. The number of fused-ring (bicyclic) bond motifs is 3. The minimum Gasteiger partial charge on any atom is -0.449 e. The minimum absolute atomic E-state index is 0.129. The Hall–Kier alpha value is -2.29. The highest BCUT2D eigenvalue weighted by Gasteiger charge is 2.28. The van der Waals surface area contributed by atoms with Gasteiger partial charge in [-0.1, -0.05) is 48.5 Å². The van der Waals surface area contributed by atoms with Gasteiger partial charge in [-0.15, -0.1) is 0 Å².